The summed E-state index contributed by atoms with van der Waals surface area (Å²) < 4.78 is 32.6. The van der Waals surface area contributed by atoms with Crippen LogP contribution < -0.4 is 9.62 Å². The van der Waals surface area contributed by atoms with Crippen molar-refractivity contribution < 1.29 is 17.6 Å². The first-order valence-electron chi connectivity index (χ1n) is 11.4. The molecule has 0 unspecified atom stereocenters. The number of anilines is 2. The number of nitrogens with one attached hydrogen (secondary N) is 1. The standard InChI is InChI=1S/C27H30N2O4S/c1-18(2)21-11-7-9-19(3)27(21)29(34(4,31)32)16-8-13-26(30)28-20-14-15-23-22-10-5-6-12-24(22)33-25(23)17-20/h5-7,9-12,14-15,17-18H,8,13,16H2,1-4H3,(H,28,30). The number of fused-ring (bicyclic) bond motifs is 3. The quantitative estimate of drug-likeness (QED) is 0.327. The zero-order valence-electron chi connectivity index (χ0n) is 20.0. The van der Waals surface area contributed by atoms with E-state index in [2.05, 4.69) is 5.32 Å². The summed E-state index contributed by atoms with van der Waals surface area (Å²) in [7, 11) is -3.50. The van der Waals surface area contributed by atoms with Gasteiger partial charge in [0.05, 0.1) is 11.9 Å². The Morgan fingerprint density at radius 3 is 2.47 bits per heavy atom. The van der Waals surface area contributed by atoms with Crippen LogP contribution in [-0.2, 0) is 14.8 Å². The predicted molar refractivity (Wildman–Crippen MR) is 139 cm³/mol. The fourth-order valence-corrected chi connectivity index (χ4v) is 5.38. The summed E-state index contributed by atoms with van der Waals surface area (Å²) in [5.74, 6) is 0.00777. The molecule has 0 radical (unpaired) electrons. The van der Waals surface area contributed by atoms with Gasteiger partial charge in [0.1, 0.15) is 11.2 Å². The molecule has 6 nitrogen and oxygen atoms in total. The summed E-state index contributed by atoms with van der Waals surface area (Å²) >= 11 is 0. The molecule has 0 saturated heterocycles. The van der Waals surface area contributed by atoms with Crippen molar-refractivity contribution in [3.05, 3.63) is 71.8 Å². The van der Waals surface area contributed by atoms with Gasteiger partial charge in [-0.25, -0.2) is 8.42 Å². The zero-order chi connectivity index (χ0) is 24.5. The molecule has 0 fully saturated rings. The molecule has 0 aliphatic carbocycles. The van der Waals surface area contributed by atoms with Gasteiger partial charge in [0.15, 0.2) is 0 Å². The lowest BCUT2D eigenvalue weighted by Crippen LogP contribution is -2.33. The third kappa shape index (κ3) is 4.94. The highest BCUT2D eigenvalue weighted by Gasteiger charge is 2.23. The lowest BCUT2D eigenvalue weighted by Gasteiger charge is -2.28. The van der Waals surface area contributed by atoms with E-state index in [4.69, 9.17) is 4.42 Å². The molecule has 0 saturated carbocycles. The van der Waals surface area contributed by atoms with Gasteiger partial charge in [0.25, 0.3) is 0 Å². The number of carbonyl (C=O) groups is 1. The molecule has 34 heavy (non-hydrogen) atoms. The number of sulfonamides is 1. The van der Waals surface area contributed by atoms with Gasteiger partial charge in [0.2, 0.25) is 15.9 Å². The van der Waals surface area contributed by atoms with E-state index in [-0.39, 0.29) is 24.8 Å². The van der Waals surface area contributed by atoms with Crippen molar-refractivity contribution in [3.63, 3.8) is 0 Å². The summed E-state index contributed by atoms with van der Waals surface area (Å²) in [6.07, 6.45) is 1.82. The van der Waals surface area contributed by atoms with E-state index in [1.54, 1.807) is 0 Å². The van der Waals surface area contributed by atoms with Gasteiger partial charge in [-0.3, -0.25) is 9.10 Å². The van der Waals surface area contributed by atoms with Crippen LogP contribution in [0, 0.1) is 6.92 Å². The summed E-state index contributed by atoms with van der Waals surface area (Å²) in [6, 6.07) is 19.3. The number of amides is 1. The van der Waals surface area contributed by atoms with Gasteiger partial charge in [-0.2, -0.15) is 0 Å². The van der Waals surface area contributed by atoms with Gasteiger partial charge >= 0.3 is 0 Å². The molecular weight excluding hydrogens is 448 g/mol. The molecule has 7 heteroatoms. The van der Waals surface area contributed by atoms with Gasteiger partial charge in [0, 0.05) is 35.5 Å². The van der Waals surface area contributed by atoms with Crippen LogP contribution in [0.25, 0.3) is 21.9 Å². The van der Waals surface area contributed by atoms with Crippen molar-refractivity contribution in [2.45, 2.75) is 39.5 Å². The van der Waals surface area contributed by atoms with Crippen molar-refractivity contribution in [3.8, 4) is 0 Å². The maximum Gasteiger partial charge on any atom is 0.232 e. The summed E-state index contributed by atoms with van der Waals surface area (Å²) in [6.45, 7) is 6.25. The summed E-state index contributed by atoms with van der Waals surface area (Å²) in [5.41, 5.74) is 4.77. The van der Waals surface area contributed by atoms with Crippen LogP contribution in [0.3, 0.4) is 0 Å². The largest absolute Gasteiger partial charge is 0.456 e. The predicted octanol–water partition coefficient (Wildman–Crippen LogP) is 6.20. The molecule has 1 heterocycles. The number of nitrogens with zero attached hydrogens (tertiary/aromatic N) is 1. The minimum atomic E-state index is -3.50. The monoisotopic (exact) mass is 478 g/mol. The van der Waals surface area contributed by atoms with Crippen LogP contribution in [0.2, 0.25) is 0 Å². The molecule has 178 valence electrons. The Morgan fingerprint density at radius 2 is 1.74 bits per heavy atom. The SMILES string of the molecule is Cc1cccc(C(C)C)c1N(CCCC(=O)Nc1ccc2c(c1)oc1ccccc12)S(C)(=O)=O. The molecule has 0 aliphatic rings. The Labute approximate surface area is 200 Å². The third-order valence-corrected chi connectivity index (χ3v) is 7.13. The molecular formula is C27H30N2O4S. The smallest absolute Gasteiger partial charge is 0.232 e. The van der Waals surface area contributed by atoms with Crippen LogP contribution in [0.15, 0.2) is 65.1 Å². The van der Waals surface area contributed by atoms with E-state index < -0.39 is 10.0 Å². The van der Waals surface area contributed by atoms with Crippen molar-refractivity contribution in [1.29, 1.82) is 0 Å². The summed E-state index contributed by atoms with van der Waals surface area (Å²) in [5, 5.41) is 4.94. The average molecular weight is 479 g/mol. The van der Waals surface area contributed by atoms with E-state index in [1.165, 1.54) is 10.6 Å². The van der Waals surface area contributed by atoms with E-state index >= 15 is 0 Å². The fourth-order valence-electron chi connectivity index (χ4n) is 4.34. The topological polar surface area (TPSA) is 79.6 Å². The van der Waals surface area contributed by atoms with Crippen molar-refractivity contribution in [2.24, 2.45) is 0 Å². The molecule has 0 spiro atoms. The van der Waals surface area contributed by atoms with Gasteiger partial charge in [-0.15, -0.1) is 0 Å². The second-order valence-corrected chi connectivity index (χ2v) is 10.9. The minimum absolute atomic E-state index is 0.169. The van der Waals surface area contributed by atoms with E-state index in [0.29, 0.717) is 17.7 Å². The number of benzene rings is 3. The molecule has 0 atom stereocenters. The Kier molecular flexibility index (Phi) is 6.66. The molecule has 1 N–H and O–H groups in total. The van der Waals surface area contributed by atoms with Crippen LogP contribution in [0.1, 0.15) is 43.7 Å². The number of aryl methyl sites for hydroxylation is 1. The first-order chi connectivity index (χ1) is 16.1. The highest BCUT2D eigenvalue weighted by molar-refractivity contribution is 7.92. The molecule has 1 amide bonds. The summed E-state index contributed by atoms with van der Waals surface area (Å²) in [4.78, 5) is 12.6. The maximum atomic E-state index is 12.6. The number of hydrogen-bond donors (Lipinski definition) is 1. The maximum absolute atomic E-state index is 12.6. The number of para-hydroxylation sites is 2. The second-order valence-electron chi connectivity index (χ2n) is 8.96. The Balaban J connectivity index is 1.46. The first kappa shape index (κ1) is 23.8. The van der Waals surface area contributed by atoms with E-state index in [9.17, 15) is 13.2 Å². The zero-order valence-corrected chi connectivity index (χ0v) is 20.8. The van der Waals surface area contributed by atoms with Gasteiger partial charge < -0.3 is 9.73 Å². The molecule has 4 rings (SSSR count). The third-order valence-electron chi connectivity index (χ3n) is 5.97. The van der Waals surface area contributed by atoms with Crippen molar-refractivity contribution in [1.82, 2.24) is 0 Å². The van der Waals surface area contributed by atoms with Crippen LogP contribution in [0.5, 0.6) is 0 Å². The average Bonchev–Trinajstić information content (AvgIpc) is 3.14. The first-order valence-corrected chi connectivity index (χ1v) is 13.3. The highest BCUT2D eigenvalue weighted by atomic mass is 32.2. The molecule has 1 aromatic heterocycles. The lowest BCUT2D eigenvalue weighted by molar-refractivity contribution is -0.116. The van der Waals surface area contributed by atoms with Crippen molar-refractivity contribution in [2.75, 3.05) is 22.4 Å². The van der Waals surface area contributed by atoms with E-state index in [1.807, 2.05) is 81.4 Å². The number of hydrogen-bond acceptors (Lipinski definition) is 4. The fraction of sp³-hybridized carbons (Fsp3) is 0.296. The lowest BCUT2D eigenvalue weighted by atomic mass is 9.98. The highest BCUT2D eigenvalue weighted by Crippen LogP contribution is 2.33. The molecule has 4 aromatic rings. The number of carbonyl (C=O) groups excluding carboxylic acids is 1. The number of rotatable bonds is 8. The molecule has 0 bridgehead atoms. The minimum Gasteiger partial charge on any atom is -0.456 e. The van der Waals surface area contributed by atoms with Gasteiger partial charge in [-0.05, 0) is 48.6 Å². The van der Waals surface area contributed by atoms with Crippen LogP contribution in [0.4, 0.5) is 11.4 Å². The Morgan fingerprint density at radius 1 is 1.00 bits per heavy atom. The molecule has 0 aliphatic heterocycles. The van der Waals surface area contributed by atoms with Crippen LogP contribution in [-0.4, -0.2) is 27.1 Å². The Hall–Kier alpha value is -3.32. The van der Waals surface area contributed by atoms with Crippen LogP contribution >= 0.6 is 0 Å². The second kappa shape index (κ2) is 9.50. The van der Waals surface area contributed by atoms with Crippen molar-refractivity contribution >= 4 is 49.2 Å². The van der Waals surface area contributed by atoms with Gasteiger partial charge in [-0.1, -0.05) is 50.2 Å². The normalized spacial score (nSPS) is 11.9. The Bertz CT molecular complexity index is 1450. The van der Waals surface area contributed by atoms with E-state index in [0.717, 1.165) is 33.2 Å². The molecule has 3 aromatic carbocycles. The number of furan rings is 1.